The van der Waals surface area contributed by atoms with Gasteiger partial charge in [-0.25, -0.2) is 19.3 Å². The first-order valence-corrected chi connectivity index (χ1v) is 10.5. The average Bonchev–Trinajstić information content (AvgIpc) is 3.43. The van der Waals surface area contributed by atoms with Crippen molar-refractivity contribution in [3.63, 3.8) is 0 Å². The molecule has 1 aliphatic heterocycles. The molecule has 156 valence electrons. The van der Waals surface area contributed by atoms with Crippen LogP contribution in [0.2, 0.25) is 0 Å². The van der Waals surface area contributed by atoms with Gasteiger partial charge in [0.15, 0.2) is 5.82 Å². The zero-order valence-electron chi connectivity index (χ0n) is 17.0. The van der Waals surface area contributed by atoms with E-state index in [1.807, 2.05) is 24.0 Å². The normalized spacial score (nSPS) is 27.8. The molecule has 4 unspecified atom stereocenters. The number of rotatable bonds is 4. The lowest BCUT2D eigenvalue weighted by molar-refractivity contribution is -0.0345. The second-order valence-corrected chi connectivity index (χ2v) is 8.83. The van der Waals surface area contributed by atoms with Crippen molar-refractivity contribution in [2.75, 3.05) is 6.54 Å². The molecule has 6 rings (SSSR count). The molecule has 3 fully saturated rings. The molecule has 2 aromatic heterocycles. The number of ether oxygens (including phenoxy) is 1. The first-order valence-electron chi connectivity index (χ1n) is 10.5. The molecule has 1 spiro atoms. The number of hydrogen-bond donors (Lipinski definition) is 0. The van der Waals surface area contributed by atoms with E-state index in [1.54, 1.807) is 30.7 Å². The molecule has 1 saturated heterocycles. The zero-order chi connectivity index (χ0) is 21.2. The van der Waals surface area contributed by atoms with Gasteiger partial charge in [0.05, 0.1) is 11.6 Å². The Balaban J connectivity index is 1.31. The fourth-order valence-electron chi connectivity index (χ4n) is 5.41. The number of aryl methyl sites for hydroxylation is 1. The van der Waals surface area contributed by atoms with Crippen LogP contribution in [0.4, 0.5) is 4.39 Å². The fraction of sp³-hybridized carbons (Fsp3) is 0.333. The summed E-state index contributed by atoms with van der Waals surface area (Å²) in [5, 5.41) is 0. The number of amides is 1. The number of benzene rings is 1. The molecule has 3 aromatic rings. The van der Waals surface area contributed by atoms with Crippen molar-refractivity contribution in [3.8, 4) is 17.3 Å². The molecule has 0 radical (unpaired) electrons. The van der Waals surface area contributed by atoms with Crippen LogP contribution in [0.3, 0.4) is 0 Å². The Morgan fingerprint density at radius 3 is 2.77 bits per heavy atom. The van der Waals surface area contributed by atoms with Crippen molar-refractivity contribution in [1.82, 2.24) is 19.9 Å². The SMILES string of the molecule is Cc1ccc(OC2CC34CC3CN(C(=O)c3cc(F)ccc3-c3ncccn3)C24)nc1. The van der Waals surface area contributed by atoms with Gasteiger partial charge in [-0.1, -0.05) is 6.07 Å². The van der Waals surface area contributed by atoms with Crippen LogP contribution in [0.5, 0.6) is 5.88 Å². The van der Waals surface area contributed by atoms with E-state index in [9.17, 15) is 9.18 Å². The van der Waals surface area contributed by atoms with Gasteiger partial charge >= 0.3 is 0 Å². The van der Waals surface area contributed by atoms with Crippen LogP contribution in [0, 0.1) is 24.1 Å². The minimum absolute atomic E-state index is 0.0130. The van der Waals surface area contributed by atoms with Crippen molar-refractivity contribution in [1.29, 1.82) is 0 Å². The van der Waals surface area contributed by atoms with Gasteiger partial charge in [-0.3, -0.25) is 4.79 Å². The highest BCUT2D eigenvalue weighted by molar-refractivity contribution is 6.00. The van der Waals surface area contributed by atoms with Crippen molar-refractivity contribution < 1.29 is 13.9 Å². The third-order valence-electron chi connectivity index (χ3n) is 6.99. The number of pyridine rings is 1. The first kappa shape index (κ1) is 18.4. The predicted molar refractivity (Wildman–Crippen MR) is 111 cm³/mol. The highest BCUT2D eigenvalue weighted by Gasteiger charge is 2.76. The molecule has 1 amide bonds. The second-order valence-electron chi connectivity index (χ2n) is 8.83. The van der Waals surface area contributed by atoms with Crippen LogP contribution >= 0.6 is 0 Å². The number of carbonyl (C=O) groups excluding carboxylic acids is 1. The molecule has 2 saturated carbocycles. The van der Waals surface area contributed by atoms with Gasteiger partial charge in [0.2, 0.25) is 5.88 Å². The number of nitrogens with zero attached hydrogens (tertiary/aromatic N) is 4. The number of halogens is 1. The molecule has 3 aliphatic rings. The summed E-state index contributed by atoms with van der Waals surface area (Å²) in [7, 11) is 0. The lowest BCUT2D eigenvalue weighted by atomic mass is 9.73. The Kier molecular flexibility index (Phi) is 3.91. The van der Waals surface area contributed by atoms with E-state index >= 15 is 0 Å². The quantitative estimate of drug-likeness (QED) is 0.649. The van der Waals surface area contributed by atoms with Gasteiger partial charge in [0.25, 0.3) is 5.91 Å². The number of piperidine rings is 1. The smallest absolute Gasteiger partial charge is 0.255 e. The maximum Gasteiger partial charge on any atom is 0.255 e. The summed E-state index contributed by atoms with van der Waals surface area (Å²) in [6, 6.07) is 9.73. The van der Waals surface area contributed by atoms with E-state index in [4.69, 9.17) is 4.74 Å². The molecule has 1 aromatic carbocycles. The van der Waals surface area contributed by atoms with E-state index in [2.05, 4.69) is 15.0 Å². The molecule has 6 nitrogen and oxygen atoms in total. The highest BCUT2D eigenvalue weighted by Crippen LogP contribution is 2.71. The number of hydrogen-bond acceptors (Lipinski definition) is 5. The Morgan fingerprint density at radius 2 is 2.00 bits per heavy atom. The van der Waals surface area contributed by atoms with Crippen molar-refractivity contribution in [3.05, 3.63) is 71.9 Å². The lowest BCUT2D eigenvalue weighted by Crippen LogP contribution is -2.59. The van der Waals surface area contributed by atoms with Gasteiger partial charge in [-0.15, -0.1) is 0 Å². The molecular weight excluding hydrogens is 395 g/mol. The fourth-order valence-corrected chi connectivity index (χ4v) is 5.41. The summed E-state index contributed by atoms with van der Waals surface area (Å²) in [5.74, 6) is 0.842. The summed E-state index contributed by atoms with van der Waals surface area (Å²) in [5.41, 5.74) is 2.06. The van der Waals surface area contributed by atoms with E-state index in [0.29, 0.717) is 35.3 Å². The Labute approximate surface area is 179 Å². The second kappa shape index (κ2) is 6.57. The predicted octanol–water partition coefficient (Wildman–Crippen LogP) is 3.67. The number of aromatic nitrogens is 3. The van der Waals surface area contributed by atoms with Crippen LogP contribution < -0.4 is 4.74 Å². The summed E-state index contributed by atoms with van der Waals surface area (Å²) >= 11 is 0. The first-order chi connectivity index (χ1) is 15.0. The van der Waals surface area contributed by atoms with Gasteiger partial charge < -0.3 is 9.64 Å². The third-order valence-corrected chi connectivity index (χ3v) is 6.99. The summed E-state index contributed by atoms with van der Waals surface area (Å²) in [6.07, 6.45) is 6.96. The van der Waals surface area contributed by atoms with E-state index in [0.717, 1.165) is 18.4 Å². The van der Waals surface area contributed by atoms with Crippen molar-refractivity contribution in [2.45, 2.75) is 31.9 Å². The van der Waals surface area contributed by atoms with Crippen LogP contribution in [0.25, 0.3) is 11.4 Å². The summed E-state index contributed by atoms with van der Waals surface area (Å²) < 4.78 is 20.3. The maximum atomic E-state index is 14.1. The molecule has 31 heavy (non-hydrogen) atoms. The molecule has 0 bridgehead atoms. The highest BCUT2D eigenvalue weighted by atomic mass is 19.1. The molecule has 2 aliphatic carbocycles. The Bertz CT molecular complexity index is 1170. The van der Waals surface area contributed by atoms with Gasteiger partial charge in [-0.05, 0) is 55.5 Å². The van der Waals surface area contributed by atoms with E-state index in [1.165, 1.54) is 12.1 Å². The van der Waals surface area contributed by atoms with E-state index < -0.39 is 5.82 Å². The third kappa shape index (κ3) is 2.83. The van der Waals surface area contributed by atoms with Crippen LogP contribution in [0.15, 0.2) is 55.0 Å². The molecule has 7 heteroatoms. The number of carbonyl (C=O) groups is 1. The topological polar surface area (TPSA) is 68.2 Å². The van der Waals surface area contributed by atoms with Crippen LogP contribution in [-0.4, -0.2) is 44.4 Å². The molecule has 4 atom stereocenters. The standard InChI is InChI=1S/C24H21FN4O2/c1-14-3-6-20(28-12-14)31-19-11-24-10-15(24)13-29(21(19)24)23(30)18-9-16(25)4-5-17(18)22-26-7-2-8-27-22/h2-9,12,15,19,21H,10-11,13H2,1H3. The Hall–Kier alpha value is -3.35. The van der Waals surface area contributed by atoms with Crippen molar-refractivity contribution >= 4 is 5.91 Å². The lowest BCUT2D eigenvalue weighted by Gasteiger charge is -2.47. The van der Waals surface area contributed by atoms with Crippen LogP contribution in [-0.2, 0) is 0 Å². The zero-order valence-corrected chi connectivity index (χ0v) is 17.0. The molecule has 0 N–H and O–H groups in total. The average molecular weight is 416 g/mol. The van der Waals surface area contributed by atoms with Gasteiger partial charge in [-0.2, -0.15) is 0 Å². The summed E-state index contributed by atoms with van der Waals surface area (Å²) in [6.45, 7) is 2.66. The van der Waals surface area contributed by atoms with Crippen LogP contribution in [0.1, 0.15) is 28.8 Å². The van der Waals surface area contributed by atoms with Crippen molar-refractivity contribution in [2.24, 2.45) is 11.3 Å². The Morgan fingerprint density at radius 1 is 1.16 bits per heavy atom. The number of likely N-dealkylation sites (tertiary alicyclic amines) is 1. The van der Waals surface area contributed by atoms with E-state index in [-0.39, 0.29) is 23.5 Å². The monoisotopic (exact) mass is 416 g/mol. The molecule has 3 heterocycles. The minimum atomic E-state index is -0.452. The summed E-state index contributed by atoms with van der Waals surface area (Å²) in [4.78, 5) is 28.4. The minimum Gasteiger partial charge on any atom is -0.472 e. The maximum absolute atomic E-state index is 14.1. The van der Waals surface area contributed by atoms with Gasteiger partial charge in [0.1, 0.15) is 11.9 Å². The van der Waals surface area contributed by atoms with Gasteiger partial charge in [0, 0.05) is 42.2 Å². The molecular formula is C24H21FN4O2. The largest absolute Gasteiger partial charge is 0.472 e.